The number of nitrogen functional groups attached to an aromatic ring is 1. The summed E-state index contributed by atoms with van der Waals surface area (Å²) in [5.74, 6) is -1.44. The van der Waals surface area contributed by atoms with Crippen LogP contribution in [0, 0.1) is 6.92 Å². The minimum atomic E-state index is -1.40. The highest BCUT2D eigenvalue weighted by molar-refractivity contribution is 6.55. The Kier molecular flexibility index (Phi) is 4.56. The maximum absolute atomic E-state index is 11.7. The predicted octanol–water partition coefficient (Wildman–Crippen LogP) is -1.65. The summed E-state index contributed by atoms with van der Waals surface area (Å²) in [5.41, 5.74) is 11.5. The van der Waals surface area contributed by atoms with Crippen molar-refractivity contribution in [2.24, 2.45) is 5.73 Å². The lowest BCUT2D eigenvalue weighted by Gasteiger charge is -2.17. The highest BCUT2D eigenvalue weighted by Gasteiger charge is 2.45. The van der Waals surface area contributed by atoms with Crippen LogP contribution in [-0.4, -0.2) is 69.3 Å². The molecule has 1 aliphatic heterocycles. The molecule has 3 rings (SSSR count). The van der Waals surface area contributed by atoms with E-state index >= 15 is 0 Å². The number of ether oxygens (including phenoxy) is 2. The number of aromatic nitrogens is 3. The normalized spacial score (nSPS) is 25.5. The molecule has 0 bridgehead atoms. The Morgan fingerprint density at radius 2 is 2.08 bits per heavy atom. The van der Waals surface area contributed by atoms with E-state index in [1.807, 2.05) is 0 Å². The van der Waals surface area contributed by atoms with Gasteiger partial charge in [0.2, 0.25) is 13.7 Å². The first-order chi connectivity index (χ1) is 12.2. The molecule has 3 heterocycles. The number of nitrogens with zero attached hydrogens (tertiary/aromatic N) is 3. The number of aliphatic hydroxyl groups is 2. The third-order valence-electron chi connectivity index (χ3n) is 4.08. The van der Waals surface area contributed by atoms with Gasteiger partial charge in [0.1, 0.15) is 42.2 Å². The molecule has 0 aromatic carbocycles. The van der Waals surface area contributed by atoms with Crippen LogP contribution >= 0.6 is 0 Å². The van der Waals surface area contributed by atoms with E-state index in [9.17, 15) is 19.8 Å². The first-order valence-corrected chi connectivity index (χ1v) is 7.59. The average molecular weight is 361 g/mol. The Labute approximate surface area is 148 Å². The van der Waals surface area contributed by atoms with Crippen LogP contribution in [0.15, 0.2) is 6.20 Å². The summed E-state index contributed by atoms with van der Waals surface area (Å²) in [6.07, 6.45) is -3.61. The Hall–Kier alpha value is -2.70. The summed E-state index contributed by atoms with van der Waals surface area (Å²) >= 11 is 0. The molecule has 1 fully saturated rings. The summed E-state index contributed by atoms with van der Waals surface area (Å²) in [6.45, 7) is 1.24. The number of carbonyl (C=O) groups is 2. The van der Waals surface area contributed by atoms with Gasteiger partial charge in [-0.05, 0) is 6.92 Å². The molecule has 1 saturated heterocycles. The molecular weight excluding hydrogens is 345 g/mol. The zero-order valence-electron chi connectivity index (χ0n) is 13.7. The van der Waals surface area contributed by atoms with Gasteiger partial charge in [0.15, 0.2) is 6.23 Å². The molecule has 4 unspecified atom stereocenters. The van der Waals surface area contributed by atoms with Gasteiger partial charge in [-0.15, -0.1) is 0 Å². The third kappa shape index (κ3) is 2.98. The summed E-state index contributed by atoms with van der Waals surface area (Å²) in [6, 6.07) is 0. The van der Waals surface area contributed by atoms with Crippen LogP contribution in [0.4, 0.5) is 10.6 Å². The quantitative estimate of drug-likeness (QED) is 0.465. The topological polar surface area (TPSA) is 176 Å². The molecule has 2 radical (unpaired) electrons. The molecule has 0 spiro atoms. The maximum atomic E-state index is 11.7. The lowest BCUT2D eigenvalue weighted by molar-refractivity contribution is -0.0511. The van der Waals surface area contributed by atoms with Crippen LogP contribution in [-0.2, 0) is 9.47 Å². The zero-order valence-corrected chi connectivity index (χ0v) is 13.7. The molecule has 12 heteroatoms. The molecular formula is C14H16BN5O6. The average Bonchev–Trinajstić information content (AvgIpc) is 3.05. The monoisotopic (exact) mass is 361 g/mol. The lowest BCUT2D eigenvalue weighted by atomic mass is 10.1. The van der Waals surface area contributed by atoms with E-state index in [1.54, 1.807) is 6.92 Å². The molecule has 26 heavy (non-hydrogen) atoms. The largest absolute Gasteiger partial charge is 0.472 e. The van der Waals surface area contributed by atoms with Gasteiger partial charge in [0, 0.05) is 6.20 Å². The molecule has 0 saturated carbocycles. The smallest absolute Gasteiger partial charge is 0.251 e. The first kappa shape index (κ1) is 18.1. The second-order valence-corrected chi connectivity index (χ2v) is 5.85. The van der Waals surface area contributed by atoms with Gasteiger partial charge < -0.3 is 35.7 Å². The number of hydrogen-bond donors (Lipinski definition) is 4. The van der Waals surface area contributed by atoms with Gasteiger partial charge in [-0.25, -0.2) is 9.97 Å². The fourth-order valence-electron chi connectivity index (χ4n) is 2.93. The second-order valence-electron chi connectivity index (χ2n) is 5.85. The molecule has 1 aliphatic rings. The SMILES string of the molecule is [B]C(=O)OCC1OC(n2cc(C(N)=O)c3c(N)nc(C)nc32)C(O)C1O. The molecule has 2 aromatic heterocycles. The molecule has 2 aromatic rings. The Morgan fingerprint density at radius 3 is 2.69 bits per heavy atom. The fourth-order valence-corrected chi connectivity index (χ4v) is 2.93. The van der Waals surface area contributed by atoms with Crippen molar-refractivity contribution in [3.63, 3.8) is 0 Å². The van der Waals surface area contributed by atoms with Crippen molar-refractivity contribution in [1.82, 2.24) is 14.5 Å². The molecule has 6 N–H and O–H groups in total. The van der Waals surface area contributed by atoms with E-state index in [2.05, 4.69) is 14.7 Å². The standard InChI is InChI=1S/C14H16BN5O6/c1-4-18-10(16)7-5(11(17)23)2-20(12(7)19-4)13-9(22)8(21)6(26-13)3-25-14(15)24/h2,6,8-9,13,21-22H,3H2,1H3,(H2,17,23)(H2,16,18,19). The number of hydrogen-bond acceptors (Lipinski definition) is 9. The number of carbonyl (C=O) groups excluding carboxylic acids is 2. The summed E-state index contributed by atoms with van der Waals surface area (Å²) in [7, 11) is 4.89. The minimum Gasteiger partial charge on any atom is -0.472 e. The zero-order chi connectivity index (χ0) is 19.2. The maximum Gasteiger partial charge on any atom is 0.251 e. The van der Waals surface area contributed by atoms with Crippen molar-refractivity contribution in [1.29, 1.82) is 0 Å². The van der Waals surface area contributed by atoms with Crippen LogP contribution in [0.25, 0.3) is 11.0 Å². The number of aliphatic hydroxyl groups excluding tert-OH is 2. The molecule has 136 valence electrons. The molecule has 11 nitrogen and oxygen atoms in total. The first-order valence-electron chi connectivity index (χ1n) is 7.59. The van der Waals surface area contributed by atoms with E-state index in [0.29, 0.717) is 5.82 Å². The fraction of sp³-hybridized carbons (Fsp3) is 0.429. The van der Waals surface area contributed by atoms with E-state index in [1.165, 1.54) is 10.8 Å². The number of fused-ring (bicyclic) bond motifs is 1. The van der Waals surface area contributed by atoms with E-state index < -0.39 is 36.3 Å². The van der Waals surface area contributed by atoms with Gasteiger partial charge in [-0.1, -0.05) is 0 Å². The van der Waals surface area contributed by atoms with Crippen molar-refractivity contribution in [3.8, 4) is 0 Å². The van der Waals surface area contributed by atoms with Crippen molar-refractivity contribution in [2.75, 3.05) is 12.3 Å². The van der Waals surface area contributed by atoms with Crippen molar-refractivity contribution in [3.05, 3.63) is 17.6 Å². The van der Waals surface area contributed by atoms with Crippen LogP contribution in [0.1, 0.15) is 22.4 Å². The van der Waals surface area contributed by atoms with Crippen LogP contribution in [0.2, 0.25) is 0 Å². The third-order valence-corrected chi connectivity index (χ3v) is 4.08. The predicted molar refractivity (Wildman–Crippen MR) is 88.2 cm³/mol. The highest BCUT2D eigenvalue weighted by Crippen LogP contribution is 2.34. The lowest BCUT2D eigenvalue weighted by Crippen LogP contribution is -2.34. The van der Waals surface area contributed by atoms with Crippen molar-refractivity contribution < 1.29 is 29.3 Å². The van der Waals surface area contributed by atoms with E-state index in [0.717, 1.165) is 0 Å². The van der Waals surface area contributed by atoms with Gasteiger partial charge in [0.25, 0.3) is 5.91 Å². The number of nitrogens with two attached hydrogens (primary N) is 2. The van der Waals surface area contributed by atoms with Crippen LogP contribution in [0.5, 0.6) is 0 Å². The summed E-state index contributed by atoms with van der Waals surface area (Å²) in [5, 5.41) is 20.7. The molecule has 1 amide bonds. The molecule has 4 atom stereocenters. The van der Waals surface area contributed by atoms with Gasteiger partial charge >= 0.3 is 0 Å². The number of anilines is 1. The molecule has 0 aliphatic carbocycles. The second kappa shape index (κ2) is 6.55. The Morgan fingerprint density at radius 1 is 1.38 bits per heavy atom. The van der Waals surface area contributed by atoms with Crippen molar-refractivity contribution >= 4 is 36.5 Å². The highest BCUT2D eigenvalue weighted by atomic mass is 16.6. The Balaban J connectivity index is 2.05. The van der Waals surface area contributed by atoms with Gasteiger partial charge in [0.05, 0.1) is 10.9 Å². The van der Waals surface area contributed by atoms with Gasteiger partial charge in [-0.3, -0.25) is 9.59 Å². The van der Waals surface area contributed by atoms with Gasteiger partial charge in [-0.2, -0.15) is 0 Å². The number of primary amides is 1. The Bertz CT molecular complexity index is 886. The van der Waals surface area contributed by atoms with Crippen LogP contribution < -0.4 is 11.5 Å². The van der Waals surface area contributed by atoms with E-state index in [4.69, 9.17) is 24.1 Å². The number of aryl methyl sites for hydroxylation is 1. The minimum absolute atomic E-state index is 0.0413. The summed E-state index contributed by atoms with van der Waals surface area (Å²) < 4.78 is 11.5. The number of amides is 1. The number of rotatable bonds is 4. The summed E-state index contributed by atoms with van der Waals surface area (Å²) in [4.78, 5) is 30.7. The van der Waals surface area contributed by atoms with E-state index in [-0.39, 0.29) is 29.0 Å². The van der Waals surface area contributed by atoms with Crippen molar-refractivity contribution in [2.45, 2.75) is 31.5 Å². The van der Waals surface area contributed by atoms with Crippen LogP contribution in [0.3, 0.4) is 0 Å².